The van der Waals surface area contributed by atoms with Crippen LogP contribution in [0.4, 0.5) is 17.1 Å². The van der Waals surface area contributed by atoms with Gasteiger partial charge in [-0.05, 0) is 211 Å². The van der Waals surface area contributed by atoms with E-state index in [9.17, 15) is 0 Å². The molecular weight excluding hydrogens is 1870 g/mol. The van der Waals surface area contributed by atoms with Crippen molar-refractivity contribution in [1.29, 1.82) is 0 Å². The van der Waals surface area contributed by atoms with Gasteiger partial charge in [-0.1, -0.05) is 398 Å². The van der Waals surface area contributed by atoms with Crippen molar-refractivity contribution in [3.8, 4) is 95.0 Å². The lowest BCUT2D eigenvalue weighted by atomic mass is 9.81. The topological polar surface area (TPSA) is 82.4 Å². The predicted octanol–water partition coefficient (Wildman–Crippen LogP) is 32.5. The van der Waals surface area contributed by atoms with E-state index in [-0.39, 0.29) is 10.8 Å². The first kappa shape index (κ1) is 88.1. The average molecular weight is 1970 g/mol. The van der Waals surface area contributed by atoms with Gasteiger partial charge in [0.25, 0.3) is 0 Å². The number of aromatic nitrogens is 3. The van der Waals surface area contributed by atoms with Gasteiger partial charge in [0.2, 0.25) is 0 Å². The molecule has 0 N–H and O–H groups in total. The normalized spacial score (nSPS) is 16.2. The van der Waals surface area contributed by atoms with Crippen molar-refractivity contribution in [2.75, 3.05) is 4.90 Å². The zero-order valence-corrected chi connectivity index (χ0v) is 84.9. The molecule has 0 saturated heterocycles. The van der Waals surface area contributed by atoms with Crippen LogP contribution in [0.2, 0.25) is 0 Å². The Morgan fingerprint density at radius 3 is 0.966 bits per heavy atom. The molecule has 0 saturated carbocycles. The number of nitrogens with zero attached hydrogens (tertiary/aromatic N) is 4. The third kappa shape index (κ3) is 13.0. The SMILES string of the molecule is CC1(C)c2ccccc2-c2cc(-c3ccc(-n4c5ccccc5c5ccc6c(c54)-c4ccccc4P6(=O)c4ccccc4)cc3)ccc21.CC1(C)c2ccccc2-c2ccc(-c3ccc(-n4c5ccccc5c5ccc6c(c54)-c4ccccc4P6(=O)c4ccccc4)cc3)cc21.O=P1(c2ccccc2)c2ccccc2-c2c1ccc1c3ccccc3n(-c3ccc(N(c4ccccc4)c4ccc5c(c4)oc4ccccc45)cc3)c21. The number of rotatable bonds is 11. The van der Waals surface area contributed by atoms with E-state index < -0.39 is 21.4 Å². The maximum Gasteiger partial charge on any atom is 0.172 e. The second-order valence-electron chi connectivity index (χ2n) is 40.9. The van der Waals surface area contributed by atoms with Gasteiger partial charge in [0.15, 0.2) is 21.4 Å². The summed E-state index contributed by atoms with van der Waals surface area (Å²) in [6.45, 7) is 9.32. The highest BCUT2D eigenvalue weighted by Gasteiger charge is 2.47. The molecule has 22 aromatic carbocycles. The van der Waals surface area contributed by atoms with Crippen LogP contribution in [-0.2, 0) is 24.5 Å². The predicted molar refractivity (Wildman–Crippen MR) is 625 cm³/mol. The quantitative estimate of drug-likeness (QED) is 0.121. The fourth-order valence-electron chi connectivity index (χ4n) is 25.6. The number of anilines is 3. The van der Waals surface area contributed by atoms with E-state index in [4.69, 9.17) is 4.42 Å². The van der Waals surface area contributed by atoms with Crippen molar-refractivity contribution in [1.82, 2.24) is 13.7 Å². The summed E-state index contributed by atoms with van der Waals surface area (Å²) in [6.07, 6.45) is 0. The summed E-state index contributed by atoms with van der Waals surface area (Å²) < 4.78 is 59.6. The summed E-state index contributed by atoms with van der Waals surface area (Å²) in [5, 5.41) is 17.4. The van der Waals surface area contributed by atoms with E-state index in [2.05, 4.69) is 422 Å². The van der Waals surface area contributed by atoms with Crippen molar-refractivity contribution < 1.29 is 18.1 Å². The molecule has 0 fully saturated rings. The van der Waals surface area contributed by atoms with Gasteiger partial charge in [-0.3, -0.25) is 0 Å². The van der Waals surface area contributed by atoms with Gasteiger partial charge in [0.1, 0.15) is 11.2 Å². The molecule has 706 valence electrons. The summed E-state index contributed by atoms with van der Waals surface area (Å²) in [6, 6.07) is 177. The molecule has 0 spiro atoms. The van der Waals surface area contributed by atoms with Gasteiger partial charge in [-0.2, -0.15) is 0 Å². The summed E-state index contributed by atoms with van der Waals surface area (Å²) in [5.74, 6) is 0. The van der Waals surface area contributed by atoms with Crippen LogP contribution in [0.3, 0.4) is 0 Å². The van der Waals surface area contributed by atoms with E-state index in [1.165, 1.54) is 93.7 Å². The van der Waals surface area contributed by atoms with Gasteiger partial charge < -0.3 is 36.7 Å². The first-order chi connectivity index (χ1) is 73.1. The molecule has 0 bridgehead atoms. The van der Waals surface area contributed by atoms with Crippen LogP contribution in [0.5, 0.6) is 0 Å². The Kier molecular flexibility index (Phi) is 19.8. The first-order valence-corrected chi connectivity index (χ1v) is 56.3. The number of para-hydroxylation sites is 5. The third-order valence-electron chi connectivity index (χ3n) is 32.4. The number of hydrogen-bond acceptors (Lipinski definition) is 5. The van der Waals surface area contributed by atoms with E-state index >= 15 is 13.7 Å². The molecule has 5 aliphatic rings. The maximum atomic E-state index is 15.5. The van der Waals surface area contributed by atoms with Crippen molar-refractivity contribution in [3.63, 3.8) is 0 Å². The molecule has 26 aromatic rings. The monoisotopic (exact) mass is 1960 g/mol. The molecular formula is C138H95N4O4P3. The van der Waals surface area contributed by atoms with Gasteiger partial charge in [0.05, 0.1) is 33.1 Å². The first-order valence-electron chi connectivity index (χ1n) is 51.2. The molecule has 2 aliphatic carbocycles. The third-order valence-corrected chi connectivity index (χ3v) is 41.9. The van der Waals surface area contributed by atoms with Crippen LogP contribution < -0.4 is 52.6 Å². The molecule has 7 heterocycles. The van der Waals surface area contributed by atoms with Crippen molar-refractivity contribution in [2.45, 2.75) is 38.5 Å². The maximum absolute atomic E-state index is 15.5. The molecule has 3 unspecified atom stereocenters. The van der Waals surface area contributed by atoms with Crippen LogP contribution in [0.25, 0.3) is 182 Å². The Bertz CT molecular complexity index is 10300. The lowest BCUT2D eigenvalue weighted by Gasteiger charge is -2.25. The van der Waals surface area contributed by atoms with Crippen molar-refractivity contribution >= 4 is 174 Å². The molecule has 3 aliphatic heterocycles. The molecule has 8 nitrogen and oxygen atoms in total. The van der Waals surface area contributed by atoms with Gasteiger partial charge >= 0.3 is 0 Å². The fraction of sp³-hybridized carbons (Fsp3) is 0.0435. The van der Waals surface area contributed by atoms with Gasteiger partial charge in [-0.15, -0.1) is 0 Å². The molecule has 149 heavy (non-hydrogen) atoms. The molecule has 4 aromatic heterocycles. The van der Waals surface area contributed by atoms with E-state index in [1.54, 1.807) is 0 Å². The lowest BCUT2D eigenvalue weighted by Crippen LogP contribution is -2.20. The summed E-state index contributed by atoms with van der Waals surface area (Å²) in [5.41, 5.74) is 36.8. The minimum atomic E-state index is -3.11. The van der Waals surface area contributed by atoms with E-state index in [1.807, 2.05) is 127 Å². The largest absolute Gasteiger partial charge is 0.456 e. The summed E-state index contributed by atoms with van der Waals surface area (Å²) >= 11 is 0. The highest BCUT2D eigenvalue weighted by Crippen LogP contribution is 2.61. The zero-order chi connectivity index (χ0) is 99.5. The second-order valence-corrected chi connectivity index (χ2v) is 49.0. The Morgan fingerprint density at radius 2 is 0.517 bits per heavy atom. The van der Waals surface area contributed by atoms with Gasteiger partial charge in [0, 0.05) is 159 Å². The van der Waals surface area contributed by atoms with Crippen LogP contribution in [-0.4, -0.2) is 13.7 Å². The highest BCUT2D eigenvalue weighted by molar-refractivity contribution is 7.87. The fourth-order valence-corrected chi connectivity index (χ4v) is 34.7. The van der Waals surface area contributed by atoms with Crippen LogP contribution in [0.1, 0.15) is 49.9 Å². The average Bonchev–Trinajstić information content (AvgIpc) is 1.53. The molecule has 0 amide bonds. The van der Waals surface area contributed by atoms with Crippen molar-refractivity contribution in [2.24, 2.45) is 0 Å². The summed E-state index contributed by atoms with van der Waals surface area (Å²) in [4.78, 5) is 2.27. The highest BCUT2D eigenvalue weighted by atomic mass is 31.2. The van der Waals surface area contributed by atoms with Crippen molar-refractivity contribution in [3.05, 3.63) is 526 Å². The standard InChI is InChI=1S/C48H31N2O2P.2C45H32NOP/c51-53(36-15-5-2-6-16-36)45-22-12-9-19-41(45)47-46(53)30-29-40-37-17-7-10-20-42(37)50(48(40)47)34-25-23-33(24-26-34)49(32-13-3-1-4-14-32)35-27-28-39-38-18-8-11-21-43(38)52-44(39)31-35;1-45(2)38-17-9-6-14-33(38)37-28-30(22-26-39(37)45)29-20-23-31(24-21-29)46-40-18-10-7-15-34(40)35-25-27-42-43(44(35)46)36-16-8-11-19-41(36)48(42,47)32-12-4-3-5-13-32;1-45(2)38-17-9-6-14-33(38)34-25-22-30(28-39(34)45)29-20-23-31(24-21-29)46-40-18-10-7-15-35(40)36-26-27-42-43(44(36)46)37-16-8-11-19-41(37)48(42,47)32-12-4-3-5-13-32/h1-31H;2*3-28H,1-2H3. The zero-order valence-electron chi connectivity index (χ0n) is 82.2. The van der Waals surface area contributed by atoms with E-state index in [0.717, 1.165) is 176 Å². The van der Waals surface area contributed by atoms with Gasteiger partial charge in [-0.25, -0.2) is 0 Å². The molecule has 31 rings (SSSR count). The lowest BCUT2D eigenvalue weighted by molar-refractivity contribution is 0.592. The number of hydrogen-bond donors (Lipinski definition) is 0. The Morgan fingerprint density at radius 1 is 0.208 bits per heavy atom. The Labute approximate surface area is 863 Å². The summed E-state index contributed by atoms with van der Waals surface area (Å²) in [7, 11) is -9.23. The Balaban J connectivity index is 0.000000105. The molecule has 11 heteroatoms. The number of fused-ring (bicyclic) bond motifs is 30. The minimum absolute atomic E-state index is 0.00575. The molecule has 0 radical (unpaired) electrons. The number of furan rings is 1. The van der Waals surface area contributed by atoms with Crippen LogP contribution in [0.15, 0.2) is 508 Å². The van der Waals surface area contributed by atoms with Crippen LogP contribution in [0, 0.1) is 0 Å². The number of benzene rings is 22. The minimum Gasteiger partial charge on any atom is -0.456 e. The molecule has 3 atom stereocenters. The smallest absolute Gasteiger partial charge is 0.172 e. The Hall–Kier alpha value is -17.5. The second kappa shape index (κ2) is 33.5. The van der Waals surface area contributed by atoms with E-state index in [0.29, 0.717) is 0 Å². The van der Waals surface area contributed by atoms with Crippen LogP contribution >= 0.6 is 21.4 Å².